The van der Waals surface area contributed by atoms with Crippen LogP contribution in [0.5, 0.6) is 0 Å². The molecular formula is C13H18BrN3O. The molecule has 0 saturated carbocycles. The first-order valence-electron chi connectivity index (χ1n) is 6.33. The highest BCUT2D eigenvalue weighted by Gasteiger charge is 2.15. The Bertz CT molecular complexity index is 405. The van der Waals surface area contributed by atoms with Crippen molar-refractivity contribution in [3.05, 3.63) is 28.5 Å². The smallest absolute Gasteiger partial charge is 0.236 e. The van der Waals surface area contributed by atoms with Crippen LogP contribution < -0.4 is 5.32 Å². The van der Waals surface area contributed by atoms with E-state index in [-0.39, 0.29) is 5.91 Å². The Balaban J connectivity index is 1.73. The molecule has 18 heavy (non-hydrogen) atoms. The Morgan fingerprint density at radius 2 is 2.11 bits per heavy atom. The molecule has 1 aliphatic rings. The van der Waals surface area contributed by atoms with Crippen molar-refractivity contribution in [2.45, 2.75) is 25.8 Å². The molecule has 0 spiro atoms. The van der Waals surface area contributed by atoms with Crippen molar-refractivity contribution in [3.8, 4) is 0 Å². The minimum atomic E-state index is 0.206. The summed E-state index contributed by atoms with van der Waals surface area (Å²) in [5.74, 6) is 0.206. The highest BCUT2D eigenvalue weighted by Crippen LogP contribution is 2.10. The van der Waals surface area contributed by atoms with Crippen LogP contribution in [-0.2, 0) is 11.3 Å². The molecular weight excluding hydrogens is 294 g/mol. The van der Waals surface area contributed by atoms with Crippen LogP contribution in [-0.4, -0.2) is 35.4 Å². The fraction of sp³-hybridized carbons (Fsp3) is 0.538. The van der Waals surface area contributed by atoms with Crippen LogP contribution in [0.3, 0.4) is 0 Å². The van der Waals surface area contributed by atoms with Crippen LogP contribution in [0.2, 0.25) is 0 Å². The maximum Gasteiger partial charge on any atom is 0.236 e. The lowest BCUT2D eigenvalue weighted by Gasteiger charge is -2.26. The van der Waals surface area contributed by atoms with Gasteiger partial charge in [0.25, 0.3) is 0 Å². The zero-order chi connectivity index (χ0) is 12.8. The number of piperidine rings is 1. The molecule has 2 heterocycles. The average molecular weight is 312 g/mol. The lowest BCUT2D eigenvalue weighted by atomic mass is 10.1. The molecule has 1 aliphatic heterocycles. The fourth-order valence-electron chi connectivity index (χ4n) is 2.12. The van der Waals surface area contributed by atoms with Crippen molar-refractivity contribution in [1.29, 1.82) is 0 Å². The van der Waals surface area contributed by atoms with Crippen LogP contribution in [0, 0.1) is 0 Å². The van der Waals surface area contributed by atoms with Gasteiger partial charge in [-0.25, -0.2) is 0 Å². The molecule has 98 valence electrons. The standard InChI is InChI=1S/C13H18BrN3O/c14-12-6-11(7-15-9-12)8-16-10-13(18)17-4-2-1-3-5-17/h6-7,9,16H,1-5,8,10H2. The third kappa shape index (κ3) is 4.07. The molecule has 2 rings (SSSR count). The summed E-state index contributed by atoms with van der Waals surface area (Å²) in [5, 5.41) is 3.17. The van der Waals surface area contributed by atoms with Crippen molar-refractivity contribution in [2.75, 3.05) is 19.6 Å². The largest absolute Gasteiger partial charge is 0.342 e. The van der Waals surface area contributed by atoms with Crippen molar-refractivity contribution in [2.24, 2.45) is 0 Å². The predicted octanol–water partition coefficient (Wildman–Crippen LogP) is 1.95. The summed E-state index contributed by atoms with van der Waals surface area (Å²) in [5.41, 5.74) is 1.08. The third-order valence-corrected chi connectivity index (χ3v) is 3.51. The van der Waals surface area contributed by atoms with Gasteiger partial charge in [-0.3, -0.25) is 9.78 Å². The monoisotopic (exact) mass is 311 g/mol. The fourth-order valence-corrected chi connectivity index (χ4v) is 2.53. The second kappa shape index (κ2) is 6.85. The normalized spacial score (nSPS) is 15.7. The van der Waals surface area contributed by atoms with Gasteiger partial charge < -0.3 is 10.2 Å². The van der Waals surface area contributed by atoms with Crippen LogP contribution >= 0.6 is 15.9 Å². The van der Waals surface area contributed by atoms with E-state index in [9.17, 15) is 4.79 Å². The van der Waals surface area contributed by atoms with Crippen LogP contribution in [0.1, 0.15) is 24.8 Å². The number of carbonyl (C=O) groups excluding carboxylic acids is 1. The predicted molar refractivity (Wildman–Crippen MR) is 74.1 cm³/mol. The number of halogens is 1. The molecule has 1 amide bonds. The number of likely N-dealkylation sites (tertiary alicyclic amines) is 1. The summed E-state index contributed by atoms with van der Waals surface area (Å²) in [4.78, 5) is 17.9. The topological polar surface area (TPSA) is 45.2 Å². The SMILES string of the molecule is O=C(CNCc1cncc(Br)c1)N1CCCCC1. The van der Waals surface area contributed by atoms with Crippen molar-refractivity contribution in [1.82, 2.24) is 15.2 Å². The maximum absolute atomic E-state index is 11.9. The molecule has 0 unspecified atom stereocenters. The van der Waals surface area contributed by atoms with Crippen molar-refractivity contribution in [3.63, 3.8) is 0 Å². The minimum absolute atomic E-state index is 0.206. The quantitative estimate of drug-likeness (QED) is 0.924. The number of aromatic nitrogens is 1. The van der Waals surface area contributed by atoms with Gasteiger partial charge in [0.1, 0.15) is 0 Å². The van der Waals surface area contributed by atoms with Gasteiger partial charge in [-0.2, -0.15) is 0 Å². The van der Waals surface area contributed by atoms with E-state index in [2.05, 4.69) is 26.2 Å². The summed E-state index contributed by atoms with van der Waals surface area (Å²) < 4.78 is 0.962. The van der Waals surface area contributed by atoms with E-state index in [0.717, 1.165) is 36.0 Å². The van der Waals surface area contributed by atoms with Gasteiger partial charge in [0.15, 0.2) is 0 Å². The zero-order valence-electron chi connectivity index (χ0n) is 10.4. The molecule has 1 N–H and O–H groups in total. The highest BCUT2D eigenvalue weighted by atomic mass is 79.9. The Kier molecular flexibility index (Phi) is 5.13. The van der Waals surface area contributed by atoms with Crippen molar-refractivity contribution < 1.29 is 4.79 Å². The molecule has 0 atom stereocenters. The molecule has 0 radical (unpaired) electrons. The Hall–Kier alpha value is -0.940. The second-order valence-corrected chi connectivity index (χ2v) is 5.47. The van der Waals surface area contributed by atoms with E-state index in [1.54, 1.807) is 6.20 Å². The van der Waals surface area contributed by atoms with Crippen LogP contribution in [0.4, 0.5) is 0 Å². The Morgan fingerprint density at radius 3 is 2.83 bits per heavy atom. The van der Waals surface area contributed by atoms with E-state index >= 15 is 0 Å². The number of hydrogen-bond donors (Lipinski definition) is 1. The van der Waals surface area contributed by atoms with E-state index < -0.39 is 0 Å². The Morgan fingerprint density at radius 1 is 1.33 bits per heavy atom. The minimum Gasteiger partial charge on any atom is -0.342 e. The average Bonchev–Trinajstić information content (AvgIpc) is 2.40. The molecule has 1 aromatic rings. The summed E-state index contributed by atoms with van der Waals surface area (Å²) >= 11 is 3.38. The maximum atomic E-state index is 11.9. The Labute approximate surface area is 116 Å². The zero-order valence-corrected chi connectivity index (χ0v) is 11.9. The van der Waals surface area contributed by atoms with Crippen molar-refractivity contribution >= 4 is 21.8 Å². The highest BCUT2D eigenvalue weighted by molar-refractivity contribution is 9.10. The van der Waals surface area contributed by atoms with Gasteiger partial charge in [0.2, 0.25) is 5.91 Å². The molecule has 1 aromatic heterocycles. The number of nitrogens with one attached hydrogen (secondary N) is 1. The number of amides is 1. The summed E-state index contributed by atoms with van der Waals surface area (Å²) in [6.45, 7) is 2.91. The first-order chi connectivity index (χ1) is 8.75. The van der Waals surface area contributed by atoms with Crippen LogP contribution in [0.25, 0.3) is 0 Å². The number of hydrogen-bond acceptors (Lipinski definition) is 3. The number of carbonyl (C=O) groups is 1. The third-order valence-electron chi connectivity index (χ3n) is 3.08. The molecule has 1 fully saturated rings. The summed E-state index contributed by atoms with van der Waals surface area (Å²) in [6, 6.07) is 2.01. The van der Waals surface area contributed by atoms with E-state index in [4.69, 9.17) is 0 Å². The molecule has 0 aliphatic carbocycles. The van der Waals surface area contributed by atoms with E-state index in [1.165, 1.54) is 6.42 Å². The summed E-state index contributed by atoms with van der Waals surface area (Å²) in [7, 11) is 0. The van der Waals surface area contributed by atoms with Gasteiger partial charge in [-0.15, -0.1) is 0 Å². The first kappa shape index (κ1) is 13.5. The van der Waals surface area contributed by atoms with E-state index in [0.29, 0.717) is 13.1 Å². The van der Waals surface area contributed by atoms with Gasteiger partial charge in [-0.05, 0) is 46.8 Å². The lowest BCUT2D eigenvalue weighted by molar-refractivity contribution is -0.131. The van der Waals surface area contributed by atoms with Gasteiger partial charge >= 0.3 is 0 Å². The molecule has 0 bridgehead atoms. The number of rotatable bonds is 4. The number of nitrogens with zero attached hydrogens (tertiary/aromatic N) is 2. The summed E-state index contributed by atoms with van der Waals surface area (Å²) in [6.07, 6.45) is 7.09. The first-order valence-corrected chi connectivity index (χ1v) is 7.13. The number of pyridine rings is 1. The van der Waals surface area contributed by atoms with Gasteiger partial charge in [0.05, 0.1) is 6.54 Å². The van der Waals surface area contributed by atoms with Gasteiger partial charge in [-0.1, -0.05) is 0 Å². The molecule has 1 saturated heterocycles. The molecule has 5 heteroatoms. The second-order valence-electron chi connectivity index (χ2n) is 4.56. The van der Waals surface area contributed by atoms with E-state index in [1.807, 2.05) is 17.2 Å². The molecule has 0 aromatic carbocycles. The molecule has 4 nitrogen and oxygen atoms in total. The lowest BCUT2D eigenvalue weighted by Crippen LogP contribution is -2.40. The van der Waals surface area contributed by atoms with Gasteiger partial charge in [0, 0.05) is 36.5 Å². The van der Waals surface area contributed by atoms with Crippen LogP contribution in [0.15, 0.2) is 22.9 Å².